The van der Waals surface area contributed by atoms with Gasteiger partial charge in [-0.25, -0.2) is 4.79 Å². The fourth-order valence-electron chi connectivity index (χ4n) is 4.06. The number of hydrogen-bond acceptors (Lipinski definition) is 2. The van der Waals surface area contributed by atoms with Crippen molar-refractivity contribution in [1.29, 1.82) is 0 Å². The molecule has 1 saturated carbocycles. The molecule has 0 saturated heterocycles. The van der Waals surface area contributed by atoms with Gasteiger partial charge in [0.2, 0.25) is 0 Å². The highest BCUT2D eigenvalue weighted by atomic mass is 35.5. The Bertz CT molecular complexity index is 778. The number of carbonyl (C=O) groups excluding carboxylic acids is 1. The molecule has 2 aromatic rings. The van der Waals surface area contributed by atoms with Gasteiger partial charge in [-0.2, -0.15) is 0 Å². The molecule has 0 spiro atoms. The van der Waals surface area contributed by atoms with Gasteiger partial charge in [0.25, 0.3) is 0 Å². The normalized spacial score (nSPS) is 19.4. The maximum absolute atomic E-state index is 12.3. The van der Waals surface area contributed by atoms with E-state index in [4.69, 9.17) is 27.9 Å². The SMILES string of the molecule is CCCCCC1CCC(c2ccc(OC(=O)c3ccc(Cl)c(Cl)c3)cc2)CC1. The zero-order valence-corrected chi connectivity index (χ0v) is 17.9. The Morgan fingerprint density at radius 2 is 1.68 bits per heavy atom. The minimum absolute atomic E-state index is 0.344. The van der Waals surface area contributed by atoms with E-state index in [2.05, 4.69) is 19.1 Å². The van der Waals surface area contributed by atoms with Crippen LogP contribution in [-0.4, -0.2) is 5.97 Å². The highest BCUT2D eigenvalue weighted by molar-refractivity contribution is 6.42. The lowest BCUT2D eigenvalue weighted by Gasteiger charge is -2.29. The average Bonchev–Trinajstić information content (AvgIpc) is 2.71. The van der Waals surface area contributed by atoms with E-state index in [1.165, 1.54) is 63.0 Å². The molecule has 0 radical (unpaired) electrons. The van der Waals surface area contributed by atoms with E-state index in [-0.39, 0.29) is 0 Å². The van der Waals surface area contributed by atoms with E-state index >= 15 is 0 Å². The van der Waals surface area contributed by atoms with Gasteiger partial charge in [0.05, 0.1) is 15.6 Å². The van der Waals surface area contributed by atoms with Crippen molar-refractivity contribution in [3.05, 3.63) is 63.6 Å². The molecular formula is C24H28Cl2O2. The minimum Gasteiger partial charge on any atom is -0.423 e. The van der Waals surface area contributed by atoms with Crippen LogP contribution >= 0.6 is 23.2 Å². The number of rotatable bonds is 7. The molecule has 150 valence electrons. The Balaban J connectivity index is 1.52. The smallest absolute Gasteiger partial charge is 0.343 e. The van der Waals surface area contributed by atoms with Gasteiger partial charge in [-0.15, -0.1) is 0 Å². The van der Waals surface area contributed by atoms with Crippen LogP contribution in [0, 0.1) is 5.92 Å². The number of unbranched alkanes of at least 4 members (excludes halogenated alkanes) is 2. The number of benzene rings is 2. The average molecular weight is 419 g/mol. The van der Waals surface area contributed by atoms with Crippen molar-refractivity contribution in [3.8, 4) is 5.75 Å². The van der Waals surface area contributed by atoms with Crippen LogP contribution < -0.4 is 4.74 Å². The first-order valence-corrected chi connectivity index (χ1v) is 11.1. The molecule has 0 unspecified atom stereocenters. The summed E-state index contributed by atoms with van der Waals surface area (Å²) in [5.41, 5.74) is 1.74. The van der Waals surface area contributed by atoms with Crippen LogP contribution in [0.5, 0.6) is 5.75 Å². The topological polar surface area (TPSA) is 26.3 Å². The molecule has 1 fully saturated rings. The summed E-state index contributed by atoms with van der Waals surface area (Å²) in [4.78, 5) is 12.3. The third kappa shape index (κ3) is 5.75. The highest BCUT2D eigenvalue weighted by Gasteiger charge is 2.22. The van der Waals surface area contributed by atoms with Crippen LogP contribution in [-0.2, 0) is 0 Å². The number of hydrogen-bond donors (Lipinski definition) is 0. The maximum Gasteiger partial charge on any atom is 0.343 e. The predicted molar refractivity (Wildman–Crippen MR) is 117 cm³/mol. The minimum atomic E-state index is -0.432. The zero-order chi connectivity index (χ0) is 19.9. The fourth-order valence-corrected chi connectivity index (χ4v) is 4.36. The van der Waals surface area contributed by atoms with Crippen molar-refractivity contribution in [3.63, 3.8) is 0 Å². The maximum atomic E-state index is 12.3. The van der Waals surface area contributed by atoms with Crippen molar-refractivity contribution < 1.29 is 9.53 Å². The second-order valence-corrected chi connectivity index (χ2v) is 8.62. The molecule has 1 aliphatic rings. The van der Waals surface area contributed by atoms with E-state index in [1.54, 1.807) is 12.1 Å². The van der Waals surface area contributed by atoms with E-state index in [9.17, 15) is 4.79 Å². The number of halogens is 2. The standard InChI is InChI=1S/C24H28Cl2O2/c1-2-3-4-5-17-6-8-18(9-7-17)19-10-13-21(14-11-19)28-24(27)20-12-15-22(25)23(26)16-20/h10-18H,2-9H2,1H3. The molecule has 0 heterocycles. The van der Waals surface area contributed by atoms with E-state index in [0.29, 0.717) is 27.3 Å². The van der Waals surface area contributed by atoms with Crippen LogP contribution in [0.3, 0.4) is 0 Å². The Morgan fingerprint density at radius 3 is 2.32 bits per heavy atom. The van der Waals surface area contributed by atoms with Crippen molar-refractivity contribution in [1.82, 2.24) is 0 Å². The highest BCUT2D eigenvalue weighted by Crippen LogP contribution is 2.38. The summed E-state index contributed by atoms with van der Waals surface area (Å²) in [5, 5.41) is 0.763. The van der Waals surface area contributed by atoms with Crippen LogP contribution in [0.25, 0.3) is 0 Å². The molecule has 0 atom stereocenters. The summed E-state index contributed by atoms with van der Waals surface area (Å²) in [7, 11) is 0. The quantitative estimate of drug-likeness (QED) is 0.258. The van der Waals surface area contributed by atoms with E-state index < -0.39 is 5.97 Å². The van der Waals surface area contributed by atoms with Crippen LogP contribution in [0.2, 0.25) is 10.0 Å². The second kappa shape index (κ2) is 10.3. The van der Waals surface area contributed by atoms with E-state index in [1.807, 2.05) is 12.1 Å². The predicted octanol–water partition coefficient (Wildman–Crippen LogP) is 8.07. The summed E-state index contributed by atoms with van der Waals surface area (Å²) in [5.74, 6) is 1.66. The first kappa shape index (κ1) is 21.2. The monoisotopic (exact) mass is 418 g/mol. The summed E-state index contributed by atoms with van der Waals surface area (Å²) >= 11 is 11.9. The first-order chi connectivity index (χ1) is 13.6. The van der Waals surface area contributed by atoms with Gasteiger partial charge in [-0.1, -0.05) is 67.9 Å². The van der Waals surface area contributed by atoms with Gasteiger partial charge in [0, 0.05) is 0 Å². The lowest BCUT2D eigenvalue weighted by molar-refractivity contribution is 0.0734. The Hall–Kier alpha value is -1.51. The van der Waals surface area contributed by atoms with Crippen molar-refractivity contribution in [2.75, 3.05) is 0 Å². The van der Waals surface area contributed by atoms with Crippen LogP contribution in [0.15, 0.2) is 42.5 Å². The van der Waals surface area contributed by atoms with Gasteiger partial charge >= 0.3 is 5.97 Å². The molecule has 3 rings (SSSR count). The molecule has 0 N–H and O–H groups in total. The summed E-state index contributed by atoms with van der Waals surface area (Å²) in [6, 6.07) is 12.7. The summed E-state index contributed by atoms with van der Waals surface area (Å²) in [6.07, 6.45) is 10.6. The van der Waals surface area contributed by atoms with E-state index in [0.717, 1.165) is 5.92 Å². The Labute approximate surface area is 178 Å². The van der Waals surface area contributed by atoms with Gasteiger partial charge in [-0.05, 0) is 73.4 Å². The van der Waals surface area contributed by atoms with Crippen LogP contribution in [0.1, 0.15) is 80.1 Å². The molecule has 4 heteroatoms. The molecule has 0 bridgehead atoms. The zero-order valence-electron chi connectivity index (χ0n) is 16.4. The number of carbonyl (C=O) groups is 1. The van der Waals surface area contributed by atoms with Gasteiger partial charge in [-0.3, -0.25) is 0 Å². The Morgan fingerprint density at radius 1 is 0.964 bits per heavy atom. The fraction of sp³-hybridized carbons (Fsp3) is 0.458. The largest absolute Gasteiger partial charge is 0.423 e. The van der Waals surface area contributed by atoms with Crippen molar-refractivity contribution in [2.24, 2.45) is 5.92 Å². The number of esters is 1. The van der Waals surface area contributed by atoms with Gasteiger partial charge in [0.15, 0.2) is 0 Å². The summed E-state index contributed by atoms with van der Waals surface area (Å²) in [6.45, 7) is 2.27. The molecular weight excluding hydrogens is 391 g/mol. The third-order valence-corrected chi connectivity index (χ3v) is 6.52. The molecule has 0 aromatic heterocycles. The molecule has 0 aliphatic heterocycles. The first-order valence-electron chi connectivity index (χ1n) is 10.3. The lowest BCUT2D eigenvalue weighted by Crippen LogP contribution is -2.13. The van der Waals surface area contributed by atoms with Gasteiger partial charge < -0.3 is 4.74 Å². The molecule has 1 aliphatic carbocycles. The molecule has 28 heavy (non-hydrogen) atoms. The second-order valence-electron chi connectivity index (χ2n) is 7.80. The van der Waals surface area contributed by atoms with Crippen LogP contribution in [0.4, 0.5) is 0 Å². The lowest BCUT2D eigenvalue weighted by atomic mass is 9.77. The summed E-state index contributed by atoms with van der Waals surface area (Å²) < 4.78 is 5.47. The number of ether oxygens (including phenoxy) is 1. The van der Waals surface area contributed by atoms with Gasteiger partial charge in [0.1, 0.15) is 5.75 Å². The van der Waals surface area contributed by atoms with Crippen molar-refractivity contribution >= 4 is 29.2 Å². The Kier molecular flexibility index (Phi) is 7.82. The molecule has 2 aromatic carbocycles. The molecule has 2 nitrogen and oxygen atoms in total. The molecule has 0 amide bonds. The van der Waals surface area contributed by atoms with Crippen molar-refractivity contribution in [2.45, 2.75) is 64.2 Å². The third-order valence-electron chi connectivity index (χ3n) is 5.78.